The van der Waals surface area contributed by atoms with Gasteiger partial charge in [-0.15, -0.1) is 0 Å². The minimum absolute atomic E-state index is 0.556. The van der Waals surface area contributed by atoms with Gasteiger partial charge in [0, 0.05) is 25.9 Å². The van der Waals surface area contributed by atoms with Crippen LogP contribution in [-0.2, 0) is 16.6 Å². The summed E-state index contributed by atoms with van der Waals surface area (Å²) in [5.74, 6) is 1.22. The Morgan fingerprint density at radius 1 is 1.19 bits per heavy atom. The molecule has 27 heavy (non-hydrogen) atoms. The third-order valence-corrected chi connectivity index (χ3v) is 5.94. The molecule has 0 atom stereocenters. The van der Waals surface area contributed by atoms with E-state index in [1.807, 2.05) is 26.0 Å². The summed E-state index contributed by atoms with van der Waals surface area (Å²) in [5, 5.41) is 3.20. The van der Waals surface area contributed by atoms with Crippen molar-refractivity contribution in [3.05, 3.63) is 40.7 Å². The third kappa shape index (κ3) is 3.93. The van der Waals surface area contributed by atoms with Crippen LogP contribution in [0.1, 0.15) is 35.2 Å². The number of anilines is 3. The summed E-state index contributed by atoms with van der Waals surface area (Å²) in [6.07, 6.45) is 3.87. The van der Waals surface area contributed by atoms with Crippen LogP contribution in [0.2, 0.25) is 0 Å². The number of nitrogens with one attached hydrogen (secondary N) is 1. The summed E-state index contributed by atoms with van der Waals surface area (Å²) in [4.78, 5) is 8.99. The molecule has 0 bridgehead atoms. The Morgan fingerprint density at radius 3 is 2.63 bits per heavy atom. The number of aromatic nitrogens is 2. The average Bonchev–Trinajstić information content (AvgIpc) is 2.60. The van der Waals surface area contributed by atoms with Gasteiger partial charge in [-0.25, -0.2) is 9.97 Å². The van der Waals surface area contributed by atoms with E-state index in [9.17, 15) is 8.42 Å². The molecule has 1 aliphatic carbocycles. The molecule has 0 saturated carbocycles. The minimum Gasteiger partial charge on any atom is -0.396 e. The molecule has 0 spiro atoms. The normalized spacial score (nSPS) is 15.8. The highest BCUT2D eigenvalue weighted by Crippen LogP contribution is 2.29. The van der Waals surface area contributed by atoms with Crippen LogP contribution >= 0.6 is 0 Å². The molecule has 9 heteroatoms. The average molecular weight is 388 g/mol. The lowest BCUT2D eigenvalue weighted by molar-refractivity contribution is 0.522. The van der Waals surface area contributed by atoms with E-state index >= 15 is 0 Å². The van der Waals surface area contributed by atoms with Crippen molar-refractivity contribution in [2.24, 2.45) is 4.40 Å². The van der Waals surface area contributed by atoms with E-state index in [2.05, 4.69) is 14.7 Å². The zero-order chi connectivity index (χ0) is 19.8. The maximum absolute atomic E-state index is 12.2. The molecule has 2 aromatic rings. The molecule has 0 amide bonds. The first-order valence-electron chi connectivity index (χ1n) is 8.69. The second-order valence-corrected chi connectivity index (χ2v) is 8.62. The van der Waals surface area contributed by atoms with E-state index in [0.29, 0.717) is 29.5 Å². The molecule has 2 heterocycles. The van der Waals surface area contributed by atoms with Gasteiger partial charge >= 0.3 is 10.2 Å². The Balaban J connectivity index is 2.01. The smallest absolute Gasteiger partial charge is 0.322 e. The summed E-state index contributed by atoms with van der Waals surface area (Å²) in [6, 6.07) is 3.78. The molecular formula is C18H24N6O2S. The van der Waals surface area contributed by atoms with Gasteiger partial charge in [0.25, 0.3) is 0 Å². The largest absolute Gasteiger partial charge is 0.396 e. The molecule has 0 saturated heterocycles. The Morgan fingerprint density at radius 2 is 1.93 bits per heavy atom. The second kappa shape index (κ2) is 7.24. The van der Waals surface area contributed by atoms with Crippen molar-refractivity contribution >= 4 is 33.2 Å². The number of aryl methyl sites for hydroxylation is 3. The highest BCUT2D eigenvalue weighted by Gasteiger charge is 2.22. The number of pyridine rings is 2. The van der Waals surface area contributed by atoms with Crippen molar-refractivity contribution in [1.82, 2.24) is 14.3 Å². The number of nitrogens with zero attached hydrogens (tertiary/aromatic N) is 4. The molecule has 3 N–H and O–H groups in total. The van der Waals surface area contributed by atoms with Gasteiger partial charge in [0.1, 0.15) is 5.82 Å². The summed E-state index contributed by atoms with van der Waals surface area (Å²) < 4.78 is 29.4. The number of fused-ring (bicyclic) bond motifs is 1. The first kappa shape index (κ1) is 19.2. The summed E-state index contributed by atoms with van der Waals surface area (Å²) in [5.41, 5.74) is 10.7. The number of hydrogen-bond acceptors (Lipinski definition) is 6. The lowest BCUT2D eigenvalue weighted by Crippen LogP contribution is -2.23. The Bertz CT molecular complexity index is 1010. The monoisotopic (exact) mass is 388 g/mol. The molecule has 3 rings (SSSR count). The van der Waals surface area contributed by atoms with Crippen molar-refractivity contribution in [1.29, 1.82) is 0 Å². The number of hydrogen-bond donors (Lipinski definition) is 2. The van der Waals surface area contributed by atoms with Crippen molar-refractivity contribution in [2.75, 3.05) is 25.1 Å². The van der Waals surface area contributed by atoms with Gasteiger partial charge in [-0.05, 0) is 56.4 Å². The Hall–Kier alpha value is -2.52. The van der Waals surface area contributed by atoms with Crippen LogP contribution in [0.25, 0.3) is 0 Å². The SMILES string of the molecule is Cc1cc2c(nc1Nc1nccc(C)c1N)CCCC2=NS(=O)(=O)N(C)C. The Labute approximate surface area is 159 Å². The predicted octanol–water partition coefficient (Wildman–Crippen LogP) is 2.35. The van der Waals surface area contributed by atoms with Gasteiger partial charge in [0.2, 0.25) is 0 Å². The molecule has 2 aromatic heterocycles. The van der Waals surface area contributed by atoms with Gasteiger partial charge in [0.05, 0.1) is 17.1 Å². The van der Waals surface area contributed by atoms with Crippen molar-refractivity contribution in [2.45, 2.75) is 33.1 Å². The number of nitrogens with two attached hydrogens (primary N) is 1. The fraction of sp³-hybridized carbons (Fsp3) is 0.389. The molecule has 0 radical (unpaired) electrons. The lowest BCUT2D eigenvalue weighted by Gasteiger charge is -2.20. The summed E-state index contributed by atoms with van der Waals surface area (Å²) in [6.45, 7) is 3.83. The van der Waals surface area contributed by atoms with Gasteiger partial charge in [0.15, 0.2) is 5.82 Å². The fourth-order valence-electron chi connectivity index (χ4n) is 2.87. The molecular weight excluding hydrogens is 364 g/mol. The standard InChI is InChI=1S/C18H24N6O2S/c1-11-8-9-20-18(16(11)19)22-17-12(2)10-13-14(21-17)6-5-7-15(13)23-27(25,26)24(3)4/h8-10H,5-7,19H2,1-4H3,(H,20,21,22). The second-order valence-electron chi connectivity index (χ2n) is 6.81. The highest BCUT2D eigenvalue weighted by molar-refractivity contribution is 7.87. The fourth-order valence-corrected chi connectivity index (χ4v) is 3.51. The van der Waals surface area contributed by atoms with Crippen LogP contribution < -0.4 is 11.1 Å². The van der Waals surface area contributed by atoms with Crippen molar-refractivity contribution in [3.63, 3.8) is 0 Å². The molecule has 1 aliphatic rings. The number of nitrogen functional groups attached to an aromatic ring is 1. The van der Waals surface area contributed by atoms with E-state index in [0.717, 1.165) is 39.5 Å². The van der Waals surface area contributed by atoms with E-state index in [1.165, 1.54) is 14.1 Å². The van der Waals surface area contributed by atoms with Crippen LogP contribution in [0.4, 0.5) is 17.3 Å². The van der Waals surface area contributed by atoms with Gasteiger partial charge in [-0.2, -0.15) is 17.1 Å². The Kier molecular flexibility index (Phi) is 5.16. The van der Waals surface area contributed by atoms with Crippen LogP contribution in [0.5, 0.6) is 0 Å². The van der Waals surface area contributed by atoms with Crippen molar-refractivity contribution in [3.8, 4) is 0 Å². The topological polar surface area (TPSA) is 114 Å². The molecule has 8 nitrogen and oxygen atoms in total. The molecule has 0 aromatic carbocycles. The zero-order valence-corrected chi connectivity index (χ0v) is 16.8. The highest BCUT2D eigenvalue weighted by atomic mass is 32.2. The van der Waals surface area contributed by atoms with Gasteiger partial charge < -0.3 is 11.1 Å². The van der Waals surface area contributed by atoms with E-state index in [1.54, 1.807) is 6.20 Å². The van der Waals surface area contributed by atoms with Crippen LogP contribution in [-0.4, -0.2) is 42.5 Å². The van der Waals surface area contributed by atoms with E-state index in [-0.39, 0.29) is 0 Å². The van der Waals surface area contributed by atoms with Crippen LogP contribution in [0.3, 0.4) is 0 Å². The lowest BCUT2D eigenvalue weighted by atomic mass is 9.93. The molecule has 0 unspecified atom stereocenters. The molecule has 144 valence electrons. The van der Waals surface area contributed by atoms with E-state index < -0.39 is 10.2 Å². The first-order valence-corrected chi connectivity index (χ1v) is 10.1. The maximum atomic E-state index is 12.2. The summed E-state index contributed by atoms with van der Waals surface area (Å²) in [7, 11) is -0.729. The predicted molar refractivity (Wildman–Crippen MR) is 108 cm³/mol. The van der Waals surface area contributed by atoms with E-state index in [4.69, 9.17) is 10.7 Å². The quantitative estimate of drug-likeness (QED) is 0.831. The third-order valence-electron chi connectivity index (χ3n) is 4.56. The van der Waals surface area contributed by atoms with Crippen molar-refractivity contribution < 1.29 is 8.42 Å². The molecule has 0 fully saturated rings. The maximum Gasteiger partial charge on any atom is 0.322 e. The minimum atomic E-state index is -3.67. The first-order chi connectivity index (χ1) is 12.7. The molecule has 0 aliphatic heterocycles. The van der Waals surface area contributed by atoms with Gasteiger partial charge in [-0.1, -0.05) is 0 Å². The van der Waals surface area contributed by atoms with Gasteiger partial charge in [-0.3, -0.25) is 0 Å². The van der Waals surface area contributed by atoms with Crippen LogP contribution in [0.15, 0.2) is 22.7 Å². The van der Waals surface area contributed by atoms with Crippen LogP contribution in [0, 0.1) is 13.8 Å². The summed E-state index contributed by atoms with van der Waals surface area (Å²) >= 11 is 0. The number of rotatable bonds is 4. The zero-order valence-electron chi connectivity index (χ0n) is 15.9.